The second-order valence-corrected chi connectivity index (χ2v) is 6.87. The van der Waals surface area contributed by atoms with Gasteiger partial charge in [0, 0.05) is 38.7 Å². The molecule has 1 saturated heterocycles. The monoisotopic (exact) mass is 298 g/mol. The van der Waals surface area contributed by atoms with Crippen molar-refractivity contribution in [2.45, 2.75) is 4.90 Å². The third-order valence-corrected chi connectivity index (χ3v) is 5.41. The zero-order valence-corrected chi connectivity index (χ0v) is 11.6. The second-order valence-electron chi connectivity index (χ2n) is 4.93. The van der Waals surface area contributed by atoms with Crippen molar-refractivity contribution in [3.05, 3.63) is 28.7 Å². The Kier molecular flexibility index (Phi) is 2.96. The van der Waals surface area contributed by atoms with Gasteiger partial charge in [0.15, 0.2) is 5.58 Å². The van der Waals surface area contributed by atoms with Crippen LogP contribution < -0.4 is 5.76 Å². The number of aliphatic hydroxyl groups excluding tert-OH is 1. The van der Waals surface area contributed by atoms with Crippen LogP contribution in [0.25, 0.3) is 11.1 Å². The normalized spacial score (nSPS) is 17.5. The van der Waals surface area contributed by atoms with Crippen LogP contribution in [0.15, 0.2) is 32.3 Å². The number of aromatic nitrogens is 1. The summed E-state index contributed by atoms with van der Waals surface area (Å²) in [7, 11) is -2.03. The molecule has 2 heterocycles. The molecule has 20 heavy (non-hydrogen) atoms. The fourth-order valence-corrected chi connectivity index (χ4v) is 3.87. The van der Waals surface area contributed by atoms with E-state index in [2.05, 4.69) is 0 Å². The molecule has 0 unspecified atom stereocenters. The number of aryl methyl sites for hydroxylation is 1. The zero-order chi connectivity index (χ0) is 14.5. The fourth-order valence-electron chi connectivity index (χ4n) is 2.26. The van der Waals surface area contributed by atoms with Crippen molar-refractivity contribution in [3.63, 3.8) is 0 Å². The summed E-state index contributed by atoms with van der Waals surface area (Å²) in [6, 6.07) is 4.37. The molecule has 8 heteroatoms. The summed E-state index contributed by atoms with van der Waals surface area (Å²) in [4.78, 5) is 11.5. The molecule has 1 aromatic heterocycles. The molecule has 2 aromatic rings. The van der Waals surface area contributed by atoms with Crippen molar-refractivity contribution in [2.24, 2.45) is 13.0 Å². The van der Waals surface area contributed by atoms with Gasteiger partial charge in [0.25, 0.3) is 0 Å². The lowest BCUT2D eigenvalue weighted by Gasteiger charge is -2.36. The van der Waals surface area contributed by atoms with Gasteiger partial charge < -0.3 is 9.52 Å². The largest absolute Gasteiger partial charge is 0.419 e. The van der Waals surface area contributed by atoms with E-state index < -0.39 is 15.8 Å². The van der Waals surface area contributed by atoms with E-state index in [9.17, 15) is 13.2 Å². The van der Waals surface area contributed by atoms with E-state index in [0.29, 0.717) is 18.6 Å². The molecule has 1 aliphatic heterocycles. The van der Waals surface area contributed by atoms with Crippen molar-refractivity contribution in [3.8, 4) is 0 Å². The van der Waals surface area contributed by atoms with Gasteiger partial charge in [-0.2, -0.15) is 4.31 Å². The second kappa shape index (κ2) is 4.44. The number of sulfonamides is 1. The molecule has 1 N–H and O–H groups in total. The number of hydrogen-bond acceptors (Lipinski definition) is 5. The van der Waals surface area contributed by atoms with Crippen molar-refractivity contribution < 1.29 is 17.9 Å². The molecule has 0 bridgehead atoms. The van der Waals surface area contributed by atoms with Crippen molar-refractivity contribution in [2.75, 3.05) is 19.7 Å². The van der Waals surface area contributed by atoms with E-state index in [1.54, 1.807) is 13.1 Å². The first-order valence-electron chi connectivity index (χ1n) is 6.14. The summed E-state index contributed by atoms with van der Waals surface area (Å²) in [5.41, 5.74) is 0.795. The van der Waals surface area contributed by atoms with Crippen molar-refractivity contribution in [1.82, 2.24) is 8.87 Å². The number of benzene rings is 1. The van der Waals surface area contributed by atoms with Crippen LogP contribution in [0.2, 0.25) is 0 Å². The van der Waals surface area contributed by atoms with E-state index in [0.717, 1.165) is 0 Å². The Morgan fingerprint density at radius 3 is 2.75 bits per heavy atom. The van der Waals surface area contributed by atoms with Gasteiger partial charge in [-0.1, -0.05) is 0 Å². The van der Waals surface area contributed by atoms with Crippen LogP contribution in [0.1, 0.15) is 0 Å². The highest BCUT2D eigenvalue weighted by molar-refractivity contribution is 7.89. The third-order valence-electron chi connectivity index (χ3n) is 3.58. The average Bonchev–Trinajstić information content (AvgIpc) is 2.63. The maximum Gasteiger partial charge on any atom is 0.419 e. The average molecular weight is 298 g/mol. The van der Waals surface area contributed by atoms with Crippen LogP contribution in [-0.4, -0.2) is 42.1 Å². The van der Waals surface area contributed by atoms with Gasteiger partial charge in [-0.3, -0.25) is 4.57 Å². The van der Waals surface area contributed by atoms with Gasteiger partial charge in [0.1, 0.15) is 0 Å². The van der Waals surface area contributed by atoms with Gasteiger partial charge in [-0.05, 0) is 12.1 Å². The lowest BCUT2D eigenvalue weighted by Crippen LogP contribution is -2.51. The van der Waals surface area contributed by atoms with Gasteiger partial charge in [-0.25, -0.2) is 13.2 Å². The molecular formula is C12H14N2O5S. The standard InChI is InChI=1S/C12H14N2O5S/c1-13-10-3-2-9(4-11(10)19-12(13)16)20(17,18)14-5-8(6-14)7-15/h2-4,8,15H,5-7H2,1H3. The molecule has 0 radical (unpaired) electrons. The number of hydrogen-bond donors (Lipinski definition) is 1. The Labute approximate surface area is 115 Å². The van der Waals surface area contributed by atoms with Gasteiger partial charge in [0.05, 0.1) is 10.4 Å². The van der Waals surface area contributed by atoms with E-state index in [4.69, 9.17) is 9.52 Å². The lowest BCUT2D eigenvalue weighted by atomic mass is 10.1. The molecule has 0 aliphatic carbocycles. The molecule has 3 rings (SSSR count). The van der Waals surface area contributed by atoms with Crippen molar-refractivity contribution >= 4 is 21.1 Å². The minimum absolute atomic E-state index is 0.00293. The van der Waals surface area contributed by atoms with Crippen LogP contribution in [0.5, 0.6) is 0 Å². The van der Waals surface area contributed by atoms with Gasteiger partial charge in [0.2, 0.25) is 10.0 Å². The number of rotatable bonds is 3. The molecular weight excluding hydrogens is 284 g/mol. The van der Waals surface area contributed by atoms with E-state index in [1.165, 1.54) is 21.0 Å². The molecule has 1 aliphatic rings. The van der Waals surface area contributed by atoms with Crippen LogP contribution in [-0.2, 0) is 17.1 Å². The highest BCUT2D eigenvalue weighted by Gasteiger charge is 2.36. The predicted molar refractivity (Wildman–Crippen MR) is 70.8 cm³/mol. The number of fused-ring (bicyclic) bond motifs is 1. The molecule has 108 valence electrons. The number of oxazole rings is 1. The Morgan fingerprint density at radius 1 is 1.40 bits per heavy atom. The van der Waals surface area contributed by atoms with Crippen LogP contribution in [0.3, 0.4) is 0 Å². The smallest absolute Gasteiger partial charge is 0.408 e. The van der Waals surface area contributed by atoms with Crippen LogP contribution in [0, 0.1) is 5.92 Å². The molecule has 0 spiro atoms. The Bertz CT molecular complexity index is 814. The highest BCUT2D eigenvalue weighted by atomic mass is 32.2. The minimum Gasteiger partial charge on any atom is -0.408 e. The summed E-state index contributed by atoms with van der Waals surface area (Å²) in [5, 5.41) is 8.94. The zero-order valence-electron chi connectivity index (χ0n) is 10.8. The maximum absolute atomic E-state index is 12.3. The summed E-state index contributed by atoms with van der Waals surface area (Å²) in [5.74, 6) is -0.526. The first-order valence-corrected chi connectivity index (χ1v) is 7.58. The predicted octanol–water partition coefficient (Wildman–Crippen LogP) is -0.256. The van der Waals surface area contributed by atoms with E-state index in [1.807, 2.05) is 0 Å². The Hall–Kier alpha value is -1.64. The Balaban J connectivity index is 2.00. The lowest BCUT2D eigenvalue weighted by molar-refractivity contribution is 0.117. The van der Waals surface area contributed by atoms with Gasteiger partial charge >= 0.3 is 5.76 Å². The fraction of sp³-hybridized carbons (Fsp3) is 0.417. The van der Waals surface area contributed by atoms with Crippen molar-refractivity contribution in [1.29, 1.82) is 0 Å². The Morgan fingerprint density at radius 2 is 2.10 bits per heavy atom. The topological polar surface area (TPSA) is 92.8 Å². The molecule has 1 fully saturated rings. The van der Waals surface area contributed by atoms with Gasteiger partial charge in [-0.15, -0.1) is 0 Å². The molecule has 0 saturated carbocycles. The molecule has 1 aromatic carbocycles. The number of nitrogens with zero attached hydrogens (tertiary/aromatic N) is 2. The van der Waals surface area contributed by atoms with E-state index in [-0.39, 0.29) is 23.0 Å². The molecule has 0 amide bonds. The SMILES string of the molecule is Cn1c(=O)oc2cc(S(=O)(=O)N3CC(CO)C3)ccc21. The van der Waals surface area contributed by atoms with Crippen LogP contribution >= 0.6 is 0 Å². The molecule has 7 nitrogen and oxygen atoms in total. The first kappa shape index (κ1) is 13.3. The van der Waals surface area contributed by atoms with Crippen LogP contribution in [0.4, 0.5) is 0 Å². The summed E-state index contributed by atoms with van der Waals surface area (Å²) < 4.78 is 32.3. The third kappa shape index (κ3) is 1.88. The minimum atomic E-state index is -3.59. The summed E-state index contributed by atoms with van der Waals surface area (Å²) >= 11 is 0. The van der Waals surface area contributed by atoms with E-state index >= 15 is 0 Å². The quantitative estimate of drug-likeness (QED) is 0.843. The first-order chi connectivity index (χ1) is 9.43. The number of aliphatic hydroxyl groups is 1. The molecule has 0 atom stereocenters. The summed E-state index contributed by atoms with van der Waals surface area (Å²) in [6.07, 6.45) is 0. The highest BCUT2D eigenvalue weighted by Crippen LogP contribution is 2.26. The maximum atomic E-state index is 12.3. The summed E-state index contributed by atoms with van der Waals surface area (Å²) in [6.45, 7) is 0.615.